The monoisotopic (exact) mass is 369 g/mol. The van der Waals surface area contributed by atoms with Crippen LogP contribution in [0.2, 0.25) is 0 Å². The lowest BCUT2D eigenvalue weighted by Crippen LogP contribution is -2.37. The molecule has 0 aliphatic carbocycles. The number of thiophene rings is 1. The van der Waals surface area contributed by atoms with Crippen LogP contribution in [0, 0.1) is 17.0 Å². The van der Waals surface area contributed by atoms with Crippen LogP contribution in [0.4, 0.5) is 5.69 Å². The Morgan fingerprint density at radius 1 is 1.35 bits per heavy atom. The molecule has 3 heterocycles. The summed E-state index contributed by atoms with van der Waals surface area (Å²) in [6, 6.07) is 11.2. The molecular formula is C18H19N5O2S. The number of nitro groups is 1. The third kappa shape index (κ3) is 3.38. The van der Waals surface area contributed by atoms with Crippen LogP contribution in [0.15, 0.2) is 36.4 Å². The minimum Gasteiger partial charge on any atom is -0.307 e. The van der Waals surface area contributed by atoms with Gasteiger partial charge >= 0.3 is 0 Å². The summed E-state index contributed by atoms with van der Waals surface area (Å²) in [6.45, 7) is 3.50. The highest BCUT2D eigenvalue weighted by atomic mass is 32.1. The van der Waals surface area contributed by atoms with E-state index in [9.17, 15) is 10.1 Å². The van der Waals surface area contributed by atoms with Gasteiger partial charge < -0.3 is 5.32 Å². The van der Waals surface area contributed by atoms with Gasteiger partial charge in [0.1, 0.15) is 11.6 Å². The van der Waals surface area contributed by atoms with E-state index >= 15 is 0 Å². The average molecular weight is 369 g/mol. The summed E-state index contributed by atoms with van der Waals surface area (Å²) in [5.74, 6) is 1.89. The van der Waals surface area contributed by atoms with Gasteiger partial charge in [-0.1, -0.05) is 12.1 Å². The molecule has 134 valence electrons. The zero-order chi connectivity index (χ0) is 18.1. The Morgan fingerprint density at radius 3 is 3.04 bits per heavy atom. The summed E-state index contributed by atoms with van der Waals surface area (Å²) in [6.07, 6.45) is 1.98. The summed E-state index contributed by atoms with van der Waals surface area (Å²) in [5, 5.41) is 19.2. The maximum absolute atomic E-state index is 11.2. The molecule has 2 aromatic heterocycles. The van der Waals surface area contributed by atoms with Crippen LogP contribution in [0.3, 0.4) is 0 Å². The van der Waals surface area contributed by atoms with Crippen molar-refractivity contribution in [2.45, 2.75) is 38.9 Å². The van der Waals surface area contributed by atoms with E-state index in [-0.39, 0.29) is 10.6 Å². The first kappa shape index (κ1) is 16.9. The number of nitrogens with one attached hydrogen (secondary N) is 1. The second-order valence-electron chi connectivity index (χ2n) is 6.41. The van der Waals surface area contributed by atoms with Crippen LogP contribution < -0.4 is 5.32 Å². The van der Waals surface area contributed by atoms with E-state index < -0.39 is 0 Å². The molecule has 0 radical (unpaired) electrons. The van der Waals surface area contributed by atoms with Gasteiger partial charge in [0.15, 0.2) is 0 Å². The van der Waals surface area contributed by atoms with Crippen LogP contribution in [0.5, 0.6) is 0 Å². The Bertz CT molecular complexity index is 949. The van der Waals surface area contributed by atoms with Gasteiger partial charge in [0, 0.05) is 34.8 Å². The predicted molar refractivity (Wildman–Crippen MR) is 100 cm³/mol. The zero-order valence-corrected chi connectivity index (χ0v) is 15.2. The highest BCUT2D eigenvalue weighted by Gasteiger charge is 2.21. The van der Waals surface area contributed by atoms with Gasteiger partial charge in [-0.3, -0.25) is 10.1 Å². The quantitative estimate of drug-likeness (QED) is 0.551. The number of nitro benzene ring substituents is 1. The molecule has 4 rings (SSSR count). The topological polar surface area (TPSA) is 85.9 Å². The number of hydrogen-bond acceptors (Lipinski definition) is 6. The predicted octanol–water partition coefficient (Wildman–Crippen LogP) is 3.33. The SMILES string of the molecule is Cc1nc2n(n1)CC(NCc1ccc(-c3ccccc3[N+](=O)[O-])s1)CC2. The molecule has 1 aliphatic rings. The molecule has 1 N–H and O–H groups in total. The molecule has 0 spiro atoms. The Labute approximate surface area is 154 Å². The van der Waals surface area contributed by atoms with Crippen molar-refractivity contribution in [3.63, 3.8) is 0 Å². The van der Waals surface area contributed by atoms with Gasteiger partial charge in [0.05, 0.1) is 17.0 Å². The van der Waals surface area contributed by atoms with E-state index in [1.165, 1.54) is 4.88 Å². The number of hydrogen-bond donors (Lipinski definition) is 1. The van der Waals surface area contributed by atoms with E-state index in [1.54, 1.807) is 29.5 Å². The standard InChI is InChI=1S/C18H19N5O2S/c1-12-20-18-9-6-13(11-22(18)21-12)19-10-14-7-8-17(26-14)15-4-2-3-5-16(15)23(24)25/h2-5,7-8,13,19H,6,9-11H2,1H3. The average Bonchev–Trinajstić information content (AvgIpc) is 3.25. The molecule has 1 aromatic carbocycles. The van der Waals surface area contributed by atoms with E-state index in [4.69, 9.17) is 0 Å². The molecule has 7 nitrogen and oxygen atoms in total. The van der Waals surface area contributed by atoms with Crippen LogP contribution in [0.25, 0.3) is 10.4 Å². The van der Waals surface area contributed by atoms with Crippen molar-refractivity contribution in [2.75, 3.05) is 0 Å². The smallest absolute Gasteiger partial charge is 0.278 e. The van der Waals surface area contributed by atoms with Crippen molar-refractivity contribution in [3.8, 4) is 10.4 Å². The van der Waals surface area contributed by atoms with Crippen LogP contribution in [-0.2, 0) is 19.5 Å². The van der Waals surface area contributed by atoms with Gasteiger partial charge in [-0.2, -0.15) is 5.10 Å². The third-order valence-electron chi connectivity index (χ3n) is 4.56. The molecule has 0 saturated carbocycles. The second kappa shape index (κ2) is 6.97. The number of aromatic nitrogens is 3. The maximum atomic E-state index is 11.2. The van der Waals surface area contributed by atoms with E-state index in [2.05, 4.69) is 15.4 Å². The summed E-state index contributed by atoms with van der Waals surface area (Å²) in [4.78, 5) is 17.4. The Kier molecular flexibility index (Phi) is 4.52. The fourth-order valence-electron chi connectivity index (χ4n) is 3.30. The van der Waals surface area contributed by atoms with Gasteiger partial charge in [0.25, 0.3) is 5.69 Å². The van der Waals surface area contributed by atoms with Crippen molar-refractivity contribution >= 4 is 17.0 Å². The van der Waals surface area contributed by atoms with Crippen molar-refractivity contribution in [2.24, 2.45) is 0 Å². The molecule has 1 atom stereocenters. The largest absolute Gasteiger partial charge is 0.307 e. The minimum absolute atomic E-state index is 0.148. The fraction of sp³-hybridized carbons (Fsp3) is 0.333. The zero-order valence-electron chi connectivity index (χ0n) is 14.4. The molecule has 26 heavy (non-hydrogen) atoms. The molecular weight excluding hydrogens is 350 g/mol. The molecule has 8 heteroatoms. The first-order chi connectivity index (χ1) is 12.6. The van der Waals surface area contributed by atoms with Crippen molar-refractivity contribution in [1.29, 1.82) is 0 Å². The molecule has 1 aliphatic heterocycles. The van der Waals surface area contributed by atoms with E-state index in [0.717, 1.165) is 42.5 Å². The Balaban J connectivity index is 1.43. The lowest BCUT2D eigenvalue weighted by atomic mass is 10.1. The third-order valence-corrected chi connectivity index (χ3v) is 5.68. The van der Waals surface area contributed by atoms with Crippen molar-refractivity contribution in [3.05, 3.63) is 63.0 Å². The molecule has 3 aromatic rings. The van der Waals surface area contributed by atoms with Crippen LogP contribution >= 0.6 is 11.3 Å². The van der Waals surface area contributed by atoms with Gasteiger partial charge in [-0.25, -0.2) is 9.67 Å². The number of para-hydroxylation sites is 1. The van der Waals surface area contributed by atoms with E-state index in [1.807, 2.05) is 29.8 Å². The maximum Gasteiger partial charge on any atom is 0.278 e. The number of fused-ring (bicyclic) bond motifs is 1. The molecule has 0 saturated heterocycles. The number of nitrogens with zero attached hydrogens (tertiary/aromatic N) is 4. The first-order valence-electron chi connectivity index (χ1n) is 8.56. The summed E-state index contributed by atoms with van der Waals surface area (Å²) in [7, 11) is 0. The molecule has 1 unspecified atom stereocenters. The lowest BCUT2D eigenvalue weighted by Gasteiger charge is -2.23. The first-order valence-corrected chi connectivity index (χ1v) is 9.38. The summed E-state index contributed by atoms with van der Waals surface area (Å²) in [5.41, 5.74) is 0.823. The van der Waals surface area contributed by atoms with Gasteiger partial charge in [-0.05, 0) is 31.5 Å². The molecule has 0 amide bonds. The number of rotatable bonds is 5. The van der Waals surface area contributed by atoms with Gasteiger partial charge in [0.2, 0.25) is 0 Å². The summed E-state index contributed by atoms with van der Waals surface area (Å²) >= 11 is 1.59. The van der Waals surface area contributed by atoms with Gasteiger partial charge in [-0.15, -0.1) is 11.3 Å². The fourth-order valence-corrected chi connectivity index (χ4v) is 4.30. The normalized spacial score (nSPS) is 16.4. The lowest BCUT2D eigenvalue weighted by molar-refractivity contribution is -0.384. The molecule has 0 bridgehead atoms. The van der Waals surface area contributed by atoms with Crippen molar-refractivity contribution in [1.82, 2.24) is 20.1 Å². The summed E-state index contributed by atoms with van der Waals surface area (Å²) < 4.78 is 1.99. The van der Waals surface area contributed by atoms with E-state index in [0.29, 0.717) is 11.6 Å². The Morgan fingerprint density at radius 2 is 2.19 bits per heavy atom. The Hall–Kier alpha value is -2.58. The highest BCUT2D eigenvalue weighted by Crippen LogP contribution is 2.34. The van der Waals surface area contributed by atoms with Crippen LogP contribution in [0.1, 0.15) is 22.9 Å². The number of aryl methyl sites for hydroxylation is 2. The van der Waals surface area contributed by atoms with Crippen LogP contribution in [-0.4, -0.2) is 25.7 Å². The second-order valence-corrected chi connectivity index (χ2v) is 7.58. The minimum atomic E-state index is -0.327. The molecule has 0 fully saturated rings. The highest BCUT2D eigenvalue weighted by molar-refractivity contribution is 7.15. The van der Waals surface area contributed by atoms with Crippen molar-refractivity contribution < 1.29 is 4.92 Å². The number of benzene rings is 1.